The lowest BCUT2D eigenvalue weighted by Crippen LogP contribution is -2.23. The van der Waals surface area contributed by atoms with Crippen LogP contribution < -0.4 is 15.4 Å². The van der Waals surface area contributed by atoms with Crippen LogP contribution in [0.3, 0.4) is 0 Å². The topological polar surface area (TPSA) is 70.6 Å². The zero-order valence-corrected chi connectivity index (χ0v) is 11.5. The summed E-state index contributed by atoms with van der Waals surface area (Å²) in [4.78, 5) is 11.7. The summed E-state index contributed by atoms with van der Waals surface area (Å²) in [5.74, 6) is 0.907. The van der Waals surface area contributed by atoms with Gasteiger partial charge in [-0.2, -0.15) is 0 Å². The molecule has 0 saturated heterocycles. The average molecular weight is 284 g/mol. The van der Waals surface area contributed by atoms with Crippen molar-refractivity contribution in [3.8, 4) is 11.5 Å². The van der Waals surface area contributed by atoms with E-state index in [-0.39, 0.29) is 11.8 Å². The number of benzene rings is 2. The fourth-order valence-corrected chi connectivity index (χ4v) is 1.67. The Morgan fingerprint density at radius 2 is 1.95 bits per heavy atom. The smallest absolute Gasteiger partial charge is 0.323 e. The Hall–Kier alpha value is -2.95. The first-order valence-corrected chi connectivity index (χ1v) is 6.34. The van der Waals surface area contributed by atoms with Crippen molar-refractivity contribution in [3.63, 3.8) is 0 Å². The Morgan fingerprint density at radius 3 is 2.67 bits per heavy atom. The molecule has 0 radical (unpaired) electrons. The Labute approximate surface area is 122 Å². The van der Waals surface area contributed by atoms with Crippen molar-refractivity contribution >= 4 is 17.8 Å². The maximum absolute atomic E-state index is 11.7. The molecule has 0 aromatic heterocycles. The summed E-state index contributed by atoms with van der Waals surface area (Å²) in [6.45, 7) is 0. The first kappa shape index (κ1) is 14.5. The summed E-state index contributed by atoms with van der Waals surface area (Å²) < 4.78 is 5.12. The van der Waals surface area contributed by atoms with Gasteiger partial charge in [0.05, 0.1) is 7.11 Å². The van der Waals surface area contributed by atoms with E-state index in [0.29, 0.717) is 5.69 Å². The van der Waals surface area contributed by atoms with Crippen LogP contribution in [0.4, 0.5) is 10.5 Å². The fourth-order valence-electron chi connectivity index (χ4n) is 1.67. The van der Waals surface area contributed by atoms with Crippen LogP contribution in [0.15, 0.2) is 54.7 Å². The third-order valence-electron chi connectivity index (χ3n) is 2.71. The van der Waals surface area contributed by atoms with E-state index in [2.05, 4.69) is 10.6 Å². The van der Waals surface area contributed by atoms with Crippen LogP contribution in [0.1, 0.15) is 5.56 Å². The molecule has 0 unspecified atom stereocenters. The van der Waals surface area contributed by atoms with Crippen LogP contribution in [0.2, 0.25) is 0 Å². The van der Waals surface area contributed by atoms with Gasteiger partial charge in [0.25, 0.3) is 0 Å². The Bertz CT molecular complexity index is 636. The second kappa shape index (κ2) is 7.00. The molecule has 2 rings (SSSR count). The Balaban J connectivity index is 1.88. The molecule has 3 N–H and O–H groups in total. The standard InChI is InChI=1S/C16H16N2O3/c1-21-15-4-2-3-12(11-15)9-10-17-16(20)18-13-5-7-14(19)8-6-13/h2-11,19H,1H3,(H2,17,18,20)/b10-9+. The molecule has 0 aliphatic carbocycles. The quantitative estimate of drug-likeness (QED) is 0.755. The lowest BCUT2D eigenvalue weighted by atomic mass is 10.2. The highest BCUT2D eigenvalue weighted by Crippen LogP contribution is 2.14. The number of carbonyl (C=O) groups excluding carboxylic acids is 1. The highest BCUT2D eigenvalue weighted by molar-refractivity contribution is 5.90. The molecule has 2 aromatic carbocycles. The molecular weight excluding hydrogens is 268 g/mol. The van der Waals surface area contributed by atoms with Gasteiger partial charge < -0.3 is 20.5 Å². The van der Waals surface area contributed by atoms with E-state index in [1.807, 2.05) is 24.3 Å². The van der Waals surface area contributed by atoms with Gasteiger partial charge in [0.1, 0.15) is 11.5 Å². The monoisotopic (exact) mass is 284 g/mol. The molecule has 5 nitrogen and oxygen atoms in total. The molecule has 0 heterocycles. The molecule has 0 aliphatic heterocycles. The van der Waals surface area contributed by atoms with Gasteiger partial charge in [0.2, 0.25) is 0 Å². The summed E-state index contributed by atoms with van der Waals surface area (Å²) in [5, 5.41) is 14.4. The van der Waals surface area contributed by atoms with Gasteiger partial charge in [0.15, 0.2) is 0 Å². The molecular formula is C16H16N2O3. The summed E-state index contributed by atoms with van der Waals surface area (Å²) in [5.41, 5.74) is 1.51. The van der Waals surface area contributed by atoms with E-state index in [1.54, 1.807) is 31.5 Å². The minimum atomic E-state index is -0.361. The maximum Gasteiger partial charge on any atom is 0.323 e. The fraction of sp³-hybridized carbons (Fsp3) is 0.0625. The third-order valence-corrected chi connectivity index (χ3v) is 2.71. The lowest BCUT2D eigenvalue weighted by molar-refractivity contribution is 0.255. The number of anilines is 1. The van der Waals surface area contributed by atoms with Gasteiger partial charge in [-0.05, 0) is 48.0 Å². The van der Waals surface area contributed by atoms with Gasteiger partial charge >= 0.3 is 6.03 Å². The van der Waals surface area contributed by atoms with Crippen LogP contribution in [0.25, 0.3) is 6.08 Å². The second-order valence-corrected chi connectivity index (χ2v) is 4.26. The largest absolute Gasteiger partial charge is 0.508 e. The number of nitrogens with one attached hydrogen (secondary N) is 2. The molecule has 2 amide bonds. The number of amides is 2. The summed E-state index contributed by atoms with van der Waals surface area (Å²) in [6, 6.07) is 13.3. The first-order chi connectivity index (χ1) is 10.2. The van der Waals surface area contributed by atoms with Crippen LogP contribution in [-0.2, 0) is 0 Å². The van der Waals surface area contributed by atoms with Crippen molar-refractivity contribution in [2.75, 3.05) is 12.4 Å². The normalized spacial score (nSPS) is 10.3. The highest BCUT2D eigenvalue weighted by atomic mass is 16.5. The maximum atomic E-state index is 11.7. The van der Waals surface area contributed by atoms with Gasteiger partial charge in [-0.3, -0.25) is 0 Å². The predicted octanol–water partition coefficient (Wildman–Crippen LogP) is 3.19. The van der Waals surface area contributed by atoms with Gasteiger partial charge in [-0.1, -0.05) is 12.1 Å². The molecule has 0 spiro atoms. The average Bonchev–Trinajstić information content (AvgIpc) is 2.50. The van der Waals surface area contributed by atoms with Crippen LogP contribution >= 0.6 is 0 Å². The molecule has 21 heavy (non-hydrogen) atoms. The Kier molecular flexibility index (Phi) is 4.82. The molecule has 0 fully saturated rings. The van der Waals surface area contributed by atoms with Gasteiger partial charge in [-0.25, -0.2) is 4.79 Å². The van der Waals surface area contributed by atoms with E-state index < -0.39 is 0 Å². The van der Waals surface area contributed by atoms with Crippen molar-refractivity contribution in [1.82, 2.24) is 5.32 Å². The summed E-state index contributed by atoms with van der Waals surface area (Å²) in [6.07, 6.45) is 3.31. The first-order valence-electron chi connectivity index (χ1n) is 6.34. The van der Waals surface area contributed by atoms with E-state index in [1.165, 1.54) is 12.1 Å². The van der Waals surface area contributed by atoms with E-state index >= 15 is 0 Å². The van der Waals surface area contributed by atoms with Crippen molar-refractivity contribution in [3.05, 3.63) is 60.3 Å². The van der Waals surface area contributed by atoms with Crippen LogP contribution in [-0.4, -0.2) is 18.2 Å². The number of methoxy groups -OCH3 is 1. The molecule has 2 aromatic rings. The molecule has 108 valence electrons. The van der Waals surface area contributed by atoms with E-state index in [9.17, 15) is 4.79 Å². The molecule has 0 bridgehead atoms. The minimum Gasteiger partial charge on any atom is -0.508 e. The number of ether oxygens (including phenoxy) is 1. The van der Waals surface area contributed by atoms with Crippen molar-refractivity contribution in [2.24, 2.45) is 0 Å². The number of aromatic hydroxyl groups is 1. The van der Waals surface area contributed by atoms with Crippen molar-refractivity contribution in [1.29, 1.82) is 0 Å². The number of hydrogen-bond donors (Lipinski definition) is 3. The molecule has 0 atom stereocenters. The lowest BCUT2D eigenvalue weighted by Gasteiger charge is -2.04. The number of carbonyl (C=O) groups is 1. The van der Waals surface area contributed by atoms with Crippen molar-refractivity contribution in [2.45, 2.75) is 0 Å². The summed E-state index contributed by atoms with van der Waals surface area (Å²) in [7, 11) is 1.60. The summed E-state index contributed by atoms with van der Waals surface area (Å²) >= 11 is 0. The van der Waals surface area contributed by atoms with Gasteiger partial charge in [0, 0.05) is 11.9 Å². The number of hydrogen-bond acceptors (Lipinski definition) is 3. The zero-order chi connectivity index (χ0) is 15.1. The second-order valence-electron chi connectivity index (χ2n) is 4.26. The predicted molar refractivity (Wildman–Crippen MR) is 82.3 cm³/mol. The van der Waals surface area contributed by atoms with E-state index in [0.717, 1.165) is 11.3 Å². The molecule has 5 heteroatoms. The SMILES string of the molecule is COc1cccc(/C=C/NC(=O)Nc2ccc(O)cc2)c1. The third kappa shape index (κ3) is 4.58. The Morgan fingerprint density at radius 1 is 1.19 bits per heavy atom. The number of rotatable bonds is 4. The molecule has 0 saturated carbocycles. The van der Waals surface area contributed by atoms with Gasteiger partial charge in [-0.15, -0.1) is 0 Å². The van der Waals surface area contributed by atoms with Crippen LogP contribution in [0.5, 0.6) is 11.5 Å². The molecule has 0 aliphatic rings. The zero-order valence-electron chi connectivity index (χ0n) is 11.5. The van der Waals surface area contributed by atoms with E-state index in [4.69, 9.17) is 9.84 Å². The number of phenolic OH excluding ortho intramolecular Hbond substituents is 1. The van der Waals surface area contributed by atoms with Crippen LogP contribution in [0, 0.1) is 0 Å². The number of phenols is 1. The highest BCUT2D eigenvalue weighted by Gasteiger charge is 1.99. The minimum absolute atomic E-state index is 0.152. The number of urea groups is 1. The van der Waals surface area contributed by atoms with Crippen molar-refractivity contribution < 1.29 is 14.6 Å².